The van der Waals surface area contributed by atoms with Crippen molar-refractivity contribution in [1.82, 2.24) is 0 Å². The topological polar surface area (TPSA) is 0 Å². The summed E-state index contributed by atoms with van der Waals surface area (Å²) in [5, 5.41) is 17.9. The lowest BCUT2D eigenvalue weighted by atomic mass is 9.84. The van der Waals surface area contributed by atoms with Crippen molar-refractivity contribution < 1.29 is 0 Å². The largest absolute Gasteiger partial charge is 0.135 e. The van der Waals surface area contributed by atoms with Gasteiger partial charge in [0, 0.05) is 60.5 Å². The van der Waals surface area contributed by atoms with Crippen LogP contribution in [0.2, 0.25) is 0 Å². The molecule has 14 aromatic carbocycles. The van der Waals surface area contributed by atoms with Gasteiger partial charge in [-0.1, -0.05) is 200 Å². The van der Waals surface area contributed by atoms with Crippen molar-refractivity contribution in [3.05, 3.63) is 267 Å². The SMILES string of the molecule is c1ccc(-c2ccc3sc4ccc(-c5c6ccccc6c(-c6ccc7sc8cccc(-c9c%10ccccc%10c(-c%10ccc%11sc%12ccc(-c%13ccccc%13)cc%12c%11c%10)c%10ccccc9%10)c8c7c6)c6ccccc56)cc4c3c2)cc1. The van der Waals surface area contributed by atoms with Crippen LogP contribution in [-0.4, -0.2) is 0 Å². The zero-order valence-corrected chi connectivity index (χ0v) is 45.1. The summed E-state index contributed by atoms with van der Waals surface area (Å²) in [5.41, 5.74) is 15.1. The number of rotatable bonds is 6. The summed E-state index contributed by atoms with van der Waals surface area (Å²) in [4.78, 5) is 0. The molecule has 0 aliphatic rings. The Bertz CT molecular complexity index is 5250. The molecule has 0 atom stereocenters. The summed E-state index contributed by atoms with van der Waals surface area (Å²) in [7, 11) is 0. The molecule has 0 spiro atoms. The molecule has 0 nitrogen and oxygen atoms in total. The normalized spacial score (nSPS) is 12.1. The second-order valence-electron chi connectivity index (χ2n) is 21.0. The molecule has 0 bridgehead atoms. The Morgan fingerprint density at radius 1 is 0.165 bits per heavy atom. The molecule has 3 heteroatoms. The molecule has 0 aliphatic carbocycles. The van der Waals surface area contributed by atoms with E-state index < -0.39 is 0 Å². The van der Waals surface area contributed by atoms with Crippen LogP contribution in [0.4, 0.5) is 0 Å². The van der Waals surface area contributed by atoms with E-state index >= 15 is 0 Å². The summed E-state index contributed by atoms with van der Waals surface area (Å²) >= 11 is 5.66. The molecule has 0 saturated carbocycles. The van der Waals surface area contributed by atoms with Gasteiger partial charge in [-0.2, -0.15) is 0 Å². The average molecular weight is 1050 g/mol. The Kier molecular flexibility index (Phi) is 10.0. The molecular weight excluding hydrogens is 1010 g/mol. The van der Waals surface area contributed by atoms with Crippen molar-refractivity contribution in [3.63, 3.8) is 0 Å². The van der Waals surface area contributed by atoms with Crippen LogP contribution >= 0.6 is 34.0 Å². The molecule has 0 N–H and O–H groups in total. The molecule has 17 rings (SSSR count). The lowest BCUT2D eigenvalue weighted by Gasteiger charge is -2.19. The van der Waals surface area contributed by atoms with Crippen molar-refractivity contribution >= 4 is 138 Å². The highest BCUT2D eigenvalue weighted by atomic mass is 32.1. The first-order chi connectivity index (χ1) is 39.2. The van der Waals surface area contributed by atoms with E-state index in [1.807, 2.05) is 34.0 Å². The summed E-state index contributed by atoms with van der Waals surface area (Å²) in [6.07, 6.45) is 0. The summed E-state index contributed by atoms with van der Waals surface area (Å²) in [6.45, 7) is 0. The molecule has 3 aromatic heterocycles. The summed E-state index contributed by atoms with van der Waals surface area (Å²) in [5.74, 6) is 0. The van der Waals surface area contributed by atoms with Gasteiger partial charge in [0.15, 0.2) is 0 Å². The van der Waals surface area contributed by atoms with E-state index in [-0.39, 0.29) is 0 Å². The van der Waals surface area contributed by atoms with Gasteiger partial charge in [0.2, 0.25) is 0 Å². The summed E-state index contributed by atoms with van der Waals surface area (Å²) in [6, 6.07) is 100. The van der Waals surface area contributed by atoms with E-state index in [9.17, 15) is 0 Å². The smallest absolute Gasteiger partial charge is 0.0361 e. The molecule has 0 radical (unpaired) electrons. The van der Waals surface area contributed by atoms with Crippen molar-refractivity contribution in [3.8, 4) is 66.8 Å². The Hall–Kier alpha value is -9.22. The van der Waals surface area contributed by atoms with Gasteiger partial charge in [0.25, 0.3) is 0 Å². The molecule has 0 unspecified atom stereocenters. The van der Waals surface area contributed by atoms with E-state index in [4.69, 9.17) is 0 Å². The van der Waals surface area contributed by atoms with E-state index in [0.717, 1.165) is 0 Å². The molecule has 17 aromatic rings. The van der Waals surface area contributed by atoms with Gasteiger partial charge in [-0.15, -0.1) is 34.0 Å². The molecule has 0 fully saturated rings. The van der Waals surface area contributed by atoms with Crippen molar-refractivity contribution in [2.45, 2.75) is 0 Å². The number of hydrogen-bond donors (Lipinski definition) is 0. The Morgan fingerprint density at radius 2 is 0.456 bits per heavy atom. The quantitative estimate of drug-likeness (QED) is 0.146. The zero-order chi connectivity index (χ0) is 51.7. The van der Waals surface area contributed by atoms with Crippen LogP contribution < -0.4 is 0 Å². The van der Waals surface area contributed by atoms with Crippen LogP contribution in [0.5, 0.6) is 0 Å². The van der Waals surface area contributed by atoms with Crippen LogP contribution in [0.25, 0.3) is 170 Å². The monoisotopic (exact) mass is 1050 g/mol. The van der Waals surface area contributed by atoms with Gasteiger partial charge in [-0.05, 0) is 177 Å². The van der Waals surface area contributed by atoms with Crippen LogP contribution in [0.3, 0.4) is 0 Å². The third-order valence-corrected chi connectivity index (χ3v) is 20.1. The standard InChI is InChI=1S/C76H44S3/c1-3-16-45(17-4-1)47-30-35-66-61(40-47)63-42-49(32-37-68(63)77-66)72-52-20-7-9-22-54(52)74(55-23-10-8-21-53(55)72)51-34-39-70-65(44-51)76-60(28-15-29-71(76)79-70)75-58-26-13-11-24-56(58)73(57-25-12-14-27-59(57)75)50-33-38-69-64(43-50)62-41-48(31-36-67(62)78-69)46-18-5-2-6-19-46/h1-44H. The van der Waals surface area contributed by atoms with E-state index in [2.05, 4.69) is 267 Å². The molecule has 366 valence electrons. The first-order valence-electron chi connectivity index (χ1n) is 27.0. The number of fused-ring (bicyclic) bond motifs is 13. The molecule has 0 amide bonds. The van der Waals surface area contributed by atoms with Gasteiger partial charge in [-0.25, -0.2) is 0 Å². The summed E-state index contributed by atoms with van der Waals surface area (Å²) < 4.78 is 7.83. The van der Waals surface area contributed by atoms with Gasteiger partial charge in [0.1, 0.15) is 0 Å². The Morgan fingerprint density at radius 3 is 0.835 bits per heavy atom. The third kappa shape index (κ3) is 6.97. The van der Waals surface area contributed by atoms with E-state index in [1.54, 1.807) is 0 Å². The van der Waals surface area contributed by atoms with Crippen molar-refractivity contribution in [2.24, 2.45) is 0 Å². The Labute approximate surface area is 468 Å². The van der Waals surface area contributed by atoms with Crippen LogP contribution in [-0.2, 0) is 0 Å². The number of thiophene rings is 3. The lowest BCUT2D eigenvalue weighted by Crippen LogP contribution is -1.91. The fourth-order valence-electron chi connectivity index (χ4n) is 13.2. The minimum absolute atomic E-state index is 1.23. The minimum atomic E-state index is 1.23. The first-order valence-corrected chi connectivity index (χ1v) is 29.5. The first kappa shape index (κ1) is 44.9. The zero-order valence-electron chi connectivity index (χ0n) is 42.6. The van der Waals surface area contributed by atoms with Crippen LogP contribution in [0, 0.1) is 0 Å². The maximum atomic E-state index is 2.50. The predicted molar refractivity (Wildman–Crippen MR) is 348 cm³/mol. The predicted octanol–water partition coefficient (Wildman–Crippen LogP) is 23.4. The fraction of sp³-hybridized carbons (Fsp3) is 0. The Balaban J connectivity index is 0.850. The molecule has 79 heavy (non-hydrogen) atoms. The highest BCUT2D eigenvalue weighted by Gasteiger charge is 2.23. The number of hydrogen-bond acceptors (Lipinski definition) is 3. The van der Waals surface area contributed by atoms with E-state index in [1.165, 1.54) is 170 Å². The van der Waals surface area contributed by atoms with Gasteiger partial charge >= 0.3 is 0 Å². The lowest BCUT2D eigenvalue weighted by molar-refractivity contribution is 1.66. The fourth-order valence-corrected chi connectivity index (χ4v) is 16.4. The van der Waals surface area contributed by atoms with Gasteiger partial charge in [0.05, 0.1) is 0 Å². The average Bonchev–Trinajstić information content (AvgIpc) is 4.39. The molecule has 0 aliphatic heterocycles. The van der Waals surface area contributed by atoms with Gasteiger partial charge < -0.3 is 0 Å². The van der Waals surface area contributed by atoms with Gasteiger partial charge in [-0.3, -0.25) is 0 Å². The highest BCUT2D eigenvalue weighted by Crippen LogP contribution is 2.51. The molecule has 3 heterocycles. The minimum Gasteiger partial charge on any atom is -0.135 e. The maximum Gasteiger partial charge on any atom is 0.0361 e. The third-order valence-electron chi connectivity index (χ3n) is 16.6. The number of benzene rings is 14. The second-order valence-corrected chi connectivity index (χ2v) is 24.2. The van der Waals surface area contributed by atoms with Crippen LogP contribution in [0.1, 0.15) is 0 Å². The molecular formula is C76H44S3. The second kappa shape index (κ2) is 17.7. The van der Waals surface area contributed by atoms with E-state index in [0.29, 0.717) is 0 Å². The van der Waals surface area contributed by atoms with Crippen molar-refractivity contribution in [1.29, 1.82) is 0 Å². The highest BCUT2D eigenvalue weighted by molar-refractivity contribution is 7.26. The van der Waals surface area contributed by atoms with Crippen molar-refractivity contribution in [2.75, 3.05) is 0 Å². The maximum absolute atomic E-state index is 2.50. The van der Waals surface area contributed by atoms with Crippen LogP contribution in [0.15, 0.2) is 267 Å². The molecule has 0 saturated heterocycles.